The van der Waals surface area contributed by atoms with Crippen molar-refractivity contribution >= 4 is 11.6 Å². The summed E-state index contributed by atoms with van der Waals surface area (Å²) in [4.78, 5) is 11.5. The minimum atomic E-state index is 0.110. The number of fused-ring (bicyclic) bond motifs is 1. The molecule has 0 bridgehead atoms. The van der Waals surface area contributed by atoms with Crippen LogP contribution in [0.25, 0.3) is 0 Å². The summed E-state index contributed by atoms with van der Waals surface area (Å²) < 4.78 is 6.21. The van der Waals surface area contributed by atoms with Crippen molar-refractivity contribution < 1.29 is 9.53 Å². The highest BCUT2D eigenvalue weighted by Crippen LogP contribution is 2.33. The zero-order chi connectivity index (χ0) is 13.9. The van der Waals surface area contributed by atoms with E-state index in [1.54, 1.807) is 0 Å². The Kier molecular flexibility index (Phi) is 3.95. The Bertz CT molecular complexity index is 498. The number of hydrogen-bond donors (Lipinski definition) is 1. The minimum Gasteiger partial charge on any atom is -0.490 e. The van der Waals surface area contributed by atoms with Gasteiger partial charge in [-0.25, -0.2) is 0 Å². The van der Waals surface area contributed by atoms with Crippen molar-refractivity contribution in [3.63, 3.8) is 0 Å². The van der Waals surface area contributed by atoms with Gasteiger partial charge >= 0.3 is 0 Å². The molecule has 3 heteroatoms. The van der Waals surface area contributed by atoms with E-state index < -0.39 is 0 Å². The first-order chi connectivity index (χ1) is 9.76. The lowest BCUT2D eigenvalue weighted by atomic mass is 9.85. The third-order valence-electron chi connectivity index (χ3n) is 4.63. The number of carbonyl (C=O) groups excluding carboxylic acids is 1. The molecule has 1 aliphatic carbocycles. The molecule has 1 heterocycles. The first-order valence-corrected chi connectivity index (χ1v) is 7.85. The highest BCUT2D eigenvalue weighted by Gasteiger charge is 2.25. The zero-order valence-electron chi connectivity index (χ0n) is 12.2. The Morgan fingerprint density at radius 3 is 2.95 bits per heavy atom. The highest BCUT2D eigenvalue weighted by atomic mass is 16.5. The number of carbonyl (C=O) groups is 1. The maximum atomic E-state index is 11.5. The van der Waals surface area contributed by atoms with Gasteiger partial charge in [0.25, 0.3) is 0 Å². The van der Waals surface area contributed by atoms with E-state index in [1.165, 1.54) is 31.2 Å². The molecule has 108 valence electrons. The van der Waals surface area contributed by atoms with Crippen LogP contribution in [0.3, 0.4) is 0 Å². The van der Waals surface area contributed by atoms with Crippen LogP contribution in [-0.4, -0.2) is 12.0 Å². The monoisotopic (exact) mass is 273 g/mol. The molecule has 1 aromatic rings. The molecule has 1 aromatic carbocycles. The number of ether oxygens (including phenoxy) is 1. The lowest BCUT2D eigenvalue weighted by Crippen LogP contribution is -2.30. The lowest BCUT2D eigenvalue weighted by molar-refractivity contribution is -0.116. The van der Waals surface area contributed by atoms with Crippen molar-refractivity contribution in [2.75, 3.05) is 5.32 Å². The molecule has 0 saturated heterocycles. The largest absolute Gasteiger partial charge is 0.490 e. The van der Waals surface area contributed by atoms with Crippen LogP contribution < -0.4 is 10.1 Å². The highest BCUT2D eigenvalue weighted by molar-refractivity contribution is 5.94. The summed E-state index contributed by atoms with van der Waals surface area (Å²) >= 11 is 0. The van der Waals surface area contributed by atoms with Crippen molar-refractivity contribution in [2.45, 2.75) is 58.0 Å². The summed E-state index contributed by atoms with van der Waals surface area (Å²) in [7, 11) is 0. The summed E-state index contributed by atoms with van der Waals surface area (Å²) in [5.41, 5.74) is 2.15. The number of amides is 1. The molecular formula is C17H23NO2. The quantitative estimate of drug-likeness (QED) is 0.906. The third-order valence-corrected chi connectivity index (χ3v) is 4.63. The van der Waals surface area contributed by atoms with Gasteiger partial charge < -0.3 is 10.1 Å². The van der Waals surface area contributed by atoms with Crippen LogP contribution in [0.15, 0.2) is 18.2 Å². The molecule has 2 unspecified atom stereocenters. The Morgan fingerprint density at radius 1 is 1.25 bits per heavy atom. The molecule has 1 saturated carbocycles. The molecule has 1 fully saturated rings. The molecule has 1 aliphatic heterocycles. The van der Waals surface area contributed by atoms with Gasteiger partial charge in [0.05, 0.1) is 0 Å². The molecule has 1 amide bonds. The van der Waals surface area contributed by atoms with Crippen LogP contribution in [0.1, 0.15) is 51.0 Å². The topological polar surface area (TPSA) is 38.3 Å². The summed E-state index contributed by atoms with van der Waals surface area (Å²) in [5, 5.41) is 2.94. The van der Waals surface area contributed by atoms with E-state index >= 15 is 0 Å². The maximum absolute atomic E-state index is 11.5. The first kappa shape index (κ1) is 13.5. The van der Waals surface area contributed by atoms with Crippen molar-refractivity contribution in [3.05, 3.63) is 23.8 Å². The number of anilines is 1. The van der Waals surface area contributed by atoms with E-state index in [0.717, 1.165) is 24.3 Å². The first-order valence-electron chi connectivity index (χ1n) is 7.85. The second-order valence-corrected chi connectivity index (χ2v) is 5.98. The van der Waals surface area contributed by atoms with Gasteiger partial charge in [-0.1, -0.05) is 19.4 Å². The smallest absolute Gasteiger partial charge is 0.224 e. The molecule has 2 atom stereocenters. The predicted octanol–water partition coefficient (Wildman–Crippen LogP) is 3.92. The molecule has 1 N–H and O–H groups in total. The van der Waals surface area contributed by atoms with E-state index in [9.17, 15) is 4.79 Å². The third kappa shape index (κ3) is 2.82. The fourth-order valence-corrected chi connectivity index (χ4v) is 3.39. The number of hydrogen-bond acceptors (Lipinski definition) is 2. The average molecular weight is 273 g/mol. The second-order valence-electron chi connectivity index (χ2n) is 5.98. The zero-order valence-corrected chi connectivity index (χ0v) is 12.2. The van der Waals surface area contributed by atoms with Crippen molar-refractivity contribution in [1.29, 1.82) is 0 Å². The SMILES string of the molecule is CCC1CCCCC1Oc1ccc2c(c1)NC(=O)CC2. The van der Waals surface area contributed by atoms with Gasteiger partial charge in [0.15, 0.2) is 0 Å². The fraction of sp³-hybridized carbons (Fsp3) is 0.588. The van der Waals surface area contributed by atoms with Gasteiger partial charge in [0, 0.05) is 18.2 Å². The number of benzene rings is 1. The summed E-state index contributed by atoms with van der Waals surface area (Å²) in [5.74, 6) is 1.68. The lowest BCUT2D eigenvalue weighted by Gasteiger charge is -2.31. The molecule has 0 aromatic heterocycles. The maximum Gasteiger partial charge on any atom is 0.224 e. The Labute approximate surface area is 120 Å². The summed E-state index contributed by atoms with van der Waals surface area (Å²) in [6.45, 7) is 2.25. The van der Waals surface area contributed by atoms with Gasteiger partial charge in [-0.3, -0.25) is 4.79 Å². The molecule has 3 nitrogen and oxygen atoms in total. The number of aryl methyl sites for hydroxylation is 1. The van der Waals surface area contributed by atoms with E-state index in [4.69, 9.17) is 4.74 Å². The van der Waals surface area contributed by atoms with Crippen molar-refractivity contribution in [3.8, 4) is 5.75 Å². The molecule has 3 rings (SSSR count). The van der Waals surface area contributed by atoms with E-state index in [1.807, 2.05) is 6.07 Å². The second kappa shape index (κ2) is 5.86. The molecular weight excluding hydrogens is 250 g/mol. The van der Waals surface area contributed by atoms with Crippen LogP contribution in [0.5, 0.6) is 5.75 Å². The number of rotatable bonds is 3. The van der Waals surface area contributed by atoms with Gasteiger partial charge in [-0.05, 0) is 49.7 Å². The van der Waals surface area contributed by atoms with Gasteiger partial charge in [-0.2, -0.15) is 0 Å². The normalized spacial score (nSPS) is 25.8. The molecule has 0 radical (unpaired) electrons. The molecule has 0 spiro atoms. The van der Waals surface area contributed by atoms with Crippen LogP contribution >= 0.6 is 0 Å². The van der Waals surface area contributed by atoms with Crippen LogP contribution in [0, 0.1) is 5.92 Å². The fourth-order valence-electron chi connectivity index (χ4n) is 3.39. The Hall–Kier alpha value is -1.51. The minimum absolute atomic E-state index is 0.110. The van der Waals surface area contributed by atoms with Gasteiger partial charge in [0.1, 0.15) is 11.9 Å². The Morgan fingerprint density at radius 2 is 2.10 bits per heavy atom. The molecule has 20 heavy (non-hydrogen) atoms. The van der Waals surface area contributed by atoms with Crippen molar-refractivity contribution in [1.82, 2.24) is 0 Å². The average Bonchev–Trinajstić information content (AvgIpc) is 2.47. The van der Waals surface area contributed by atoms with Gasteiger partial charge in [0.2, 0.25) is 5.91 Å². The van der Waals surface area contributed by atoms with E-state index in [-0.39, 0.29) is 5.91 Å². The molecule has 2 aliphatic rings. The van der Waals surface area contributed by atoms with E-state index in [0.29, 0.717) is 18.4 Å². The number of nitrogens with one attached hydrogen (secondary N) is 1. The van der Waals surface area contributed by atoms with Gasteiger partial charge in [-0.15, -0.1) is 0 Å². The Balaban J connectivity index is 1.74. The summed E-state index contributed by atoms with van der Waals surface area (Å²) in [6, 6.07) is 6.14. The predicted molar refractivity (Wildman–Crippen MR) is 80.1 cm³/mol. The van der Waals surface area contributed by atoms with Crippen LogP contribution in [0.4, 0.5) is 5.69 Å². The summed E-state index contributed by atoms with van der Waals surface area (Å²) in [6.07, 6.45) is 7.99. The van der Waals surface area contributed by atoms with Crippen LogP contribution in [-0.2, 0) is 11.2 Å². The van der Waals surface area contributed by atoms with E-state index in [2.05, 4.69) is 24.4 Å². The van der Waals surface area contributed by atoms with Crippen LogP contribution in [0.2, 0.25) is 0 Å². The van der Waals surface area contributed by atoms with Crippen molar-refractivity contribution in [2.24, 2.45) is 5.92 Å². The standard InChI is InChI=1S/C17H23NO2/c1-2-12-5-3-4-6-16(12)20-14-9-7-13-8-10-17(19)18-15(13)11-14/h7,9,11-12,16H,2-6,8,10H2,1H3,(H,18,19).